The summed E-state index contributed by atoms with van der Waals surface area (Å²) in [5.74, 6) is -2.08. The molecular formula is C21H21F3N4O5. The van der Waals surface area contributed by atoms with Crippen molar-refractivity contribution in [2.24, 2.45) is 0 Å². The van der Waals surface area contributed by atoms with Gasteiger partial charge in [-0.3, -0.25) is 14.5 Å². The maximum atomic E-state index is 12.8. The van der Waals surface area contributed by atoms with Gasteiger partial charge in [-0.25, -0.2) is 4.79 Å². The molecule has 9 nitrogen and oxygen atoms in total. The summed E-state index contributed by atoms with van der Waals surface area (Å²) in [6.45, 7) is -1.55. The summed E-state index contributed by atoms with van der Waals surface area (Å²) < 4.78 is 45.1. The Labute approximate surface area is 186 Å². The Balaban J connectivity index is 1.61. The third-order valence-electron chi connectivity index (χ3n) is 5.63. The van der Waals surface area contributed by atoms with E-state index < -0.39 is 47.8 Å². The number of carbonyl (C=O) groups is 2. The number of carbonyl (C=O) groups excluding carboxylic acids is 2. The van der Waals surface area contributed by atoms with E-state index in [1.54, 1.807) is 24.3 Å². The fourth-order valence-electron chi connectivity index (χ4n) is 4.15. The number of alkyl halides is 3. The number of benzene rings is 1. The Bertz CT molecular complexity index is 1120. The minimum Gasteiger partial charge on any atom is -0.501 e. The summed E-state index contributed by atoms with van der Waals surface area (Å²) in [4.78, 5) is 43.5. The zero-order valence-corrected chi connectivity index (χ0v) is 17.4. The number of rotatable bonds is 4. The second-order valence-electron chi connectivity index (χ2n) is 7.86. The average molecular weight is 466 g/mol. The molecule has 3 heterocycles. The topological polar surface area (TPSA) is 105 Å². The first kappa shape index (κ1) is 22.6. The second kappa shape index (κ2) is 8.75. The third kappa shape index (κ3) is 4.64. The van der Waals surface area contributed by atoms with Gasteiger partial charge in [0.1, 0.15) is 19.0 Å². The maximum Gasteiger partial charge on any atom is 0.410 e. The Kier molecular flexibility index (Phi) is 6.00. The largest absolute Gasteiger partial charge is 0.501 e. The van der Waals surface area contributed by atoms with E-state index in [9.17, 15) is 32.7 Å². The van der Waals surface area contributed by atoms with Gasteiger partial charge in [-0.1, -0.05) is 30.3 Å². The molecule has 4 rings (SSSR count). The molecule has 1 atom stereocenters. The van der Waals surface area contributed by atoms with Crippen molar-refractivity contribution in [3.8, 4) is 5.75 Å². The molecule has 0 spiro atoms. The Hall–Kier alpha value is -3.57. The van der Waals surface area contributed by atoms with Crippen molar-refractivity contribution in [1.29, 1.82) is 0 Å². The van der Waals surface area contributed by atoms with E-state index in [0.717, 1.165) is 5.56 Å². The van der Waals surface area contributed by atoms with Gasteiger partial charge < -0.3 is 19.3 Å². The Morgan fingerprint density at radius 1 is 1.15 bits per heavy atom. The van der Waals surface area contributed by atoms with Crippen LogP contribution >= 0.6 is 0 Å². The minimum atomic E-state index is -4.63. The number of fused-ring (bicyclic) bond motifs is 1. The fourth-order valence-corrected chi connectivity index (χ4v) is 4.15. The number of ether oxygens (including phenoxy) is 1. The summed E-state index contributed by atoms with van der Waals surface area (Å²) in [5, 5.41) is 10.2. The summed E-state index contributed by atoms with van der Waals surface area (Å²) in [5.41, 5.74) is -0.902. The van der Waals surface area contributed by atoms with Gasteiger partial charge in [0, 0.05) is 19.6 Å². The molecule has 12 heteroatoms. The van der Waals surface area contributed by atoms with Crippen molar-refractivity contribution in [2.75, 3.05) is 19.6 Å². The van der Waals surface area contributed by atoms with Gasteiger partial charge in [0.15, 0.2) is 5.69 Å². The normalized spacial score (nSPS) is 18.4. The molecule has 1 saturated heterocycles. The molecule has 2 aromatic rings. The molecule has 2 aliphatic heterocycles. The van der Waals surface area contributed by atoms with Gasteiger partial charge in [-0.05, 0) is 18.4 Å². The van der Waals surface area contributed by atoms with Gasteiger partial charge in [0.2, 0.25) is 5.75 Å². The number of hydrogen-bond acceptors (Lipinski definition) is 6. The lowest BCUT2D eigenvalue weighted by molar-refractivity contribution is -0.141. The van der Waals surface area contributed by atoms with Crippen molar-refractivity contribution >= 4 is 12.0 Å². The van der Waals surface area contributed by atoms with Gasteiger partial charge in [-0.15, -0.1) is 0 Å². The molecule has 1 fully saturated rings. The lowest BCUT2D eigenvalue weighted by atomic mass is 10.1. The molecule has 1 unspecified atom stereocenters. The van der Waals surface area contributed by atoms with Crippen LogP contribution in [0.15, 0.2) is 35.1 Å². The maximum absolute atomic E-state index is 12.8. The lowest BCUT2D eigenvalue weighted by Crippen LogP contribution is -2.47. The van der Waals surface area contributed by atoms with E-state index >= 15 is 0 Å². The molecule has 176 valence electrons. The van der Waals surface area contributed by atoms with Crippen LogP contribution in [-0.2, 0) is 17.9 Å². The quantitative estimate of drug-likeness (QED) is 0.742. The predicted octanol–water partition coefficient (Wildman–Crippen LogP) is 2.44. The van der Waals surface area contributed by atoms with E-state index in [2.05, 4.69) is 4.98 Å². The van der Waals surface area contributed by atoms with Crippen molar-refractivity contribution in [3.05, 3.63) is 57.8 Å². The van der Waals surface area contributed by atoms with Gasteiger partial charge in [0.25, 0.3) is 5.91 Å². The predicted molar refractivity (Wildman–Crippen MR) is 107 cm³/mol. The smallest absolute Gasteiger partial charge is 0.410 e. The van der Waals surface area contributed by atoms with Crippen molar-refractivity contribution in [2.45, 2.75) is 38.2 Å². The number of halogens is 3. The highest BCUT2D eigenvalue weighted by molar-refractivity contribution is 5.95. The molecule has 1 aromatic heterocycles. The average Bonchev–Trinajstić information content (AvgIpc) is 3.26. The first-order valence-corrected chi connectivity index (χ1v) is 10.3. The molecule has 2 aliphatic rings. The molecule has 0 saturated carbocycles. The van der Waals surface area contributed by atoms with Gasteiger partial charge in [0.05, 0.1) is 6.04 Å². The number of aromatic hydroxyl groups is 1. The van der Waals surface area contributed by atoms with Crippen LogP contribution in [0.4, 0.5) is 18.0 Å². The lowest BCUT2D eigenvalue weighted by Gasteiger charge is -2.33. The minimum absolute atomic E-state index is 0.0366. The number of likely N-dealkylation sites (tertiary alicyclic amines) is 1. The zero-order valence-electron chi connectivity index (χ0n) is 17.4. The standard InChI is InChI=1S/C21H21F3N4O5/c22-21(23,24)12-26-9-10-28-15(19(26)31)16(29)18(30)25-17(28)14-7-4-8-27(14)20(32)33-11-13-5-2-1-3-6-13/h1-3,5-6,14,29H,4,7-12H2. The van der Waals surface area contributed by atoms with Gasteiger partial charge in [-0.2, -0.15) is 18.2 Å². The molecular weight excluding hydrogens is 445 g/mol. The van der Waals surface area contributed by atoms with E-state index in [0.29, 0.717) is 24.3 Å². The fraction of sp³-hybridized carbons (Fsp3) is 0.429. The summed E-state index contributed by atoms with van der Waals surface area (Å²) in [6, 6.07) is 8.31. The first-order valence-electron chi connectivity index (χ1n) is 10.3. The summed E-state index contributed by atoms with van der Waals surface area (Å²) in [7, 11) is 0. The van der Waals surface area contributed by atoms with Crippen molar-refractivity contribution < 1.29 is 32.6 Å². The van der Waals surface area contributed by atoms with E-state index in [1.807, 2.05) is 6.07 Å². The highest BCUT2D eigenvalue weighted by Gasteiger charge is 2.41. The number of amides is 2. The monoisotopic (exact) mass is 466 g/mol. The van der Waals surface area contributed by atoms with Crippen LogP contribution in [0.5, 0.6) is 5.75 Å². The zero-order chi connectivity index (χ0) is 23.8. The van der Waals surface area contributed by atoms with Gasteiger partial charge >= 0.3 is 17.8 Å². The molecule has 1 N–H and O–H groups in total. The molecule has 0 bridgehead atoms. The van der Waals surface area contributed by atoms with Crippen LogP contribution in [0, 0.1) is 0 Å². The van der Waals surface area contributed by atoms with E-state index in [-0.39, 0.29) is 25.5 Å². The van der Waals surface area contributed by atoms with Crippen molar-refractivity contribution in [3.63, 3.8) is 0 Å². The van der Waals surface area contributed by atoms with E-state index in [1.165, 1.54) is 9.47 Å². The Morgan fingerprint density at radius 3 is 2.58 bits per heavy atom. The molecule has 33 heavy (non-hydrogen) atoms. The van der Waals surface area contributed by atoms with Crippen molar-refractivity contribution in [1.82, 2.24) is 19.4 Å². The first-order chi connectivity index (χ1) is 15.7. The van der Waals surface area contributed by atoms with Crippen LogP contribution in [0.3, 0.4) is 0 Å². The van der Waals surface area contributed by atoms with Crippen LogP contribution < -0.4 is 5.56 Å². The second-order valence-corrected chi connectivity index (χ2v) is 7.86. The van der Waals surface area contributed by atoms with Crippen LogP contribution in [0.25, 0.3) is 0 Å². The number of hydrogen-bond donors (Lipinski definition) is 1. The highest BCUT2D eigenvalue weighted by Crippen LogP contribution is 2.34. The molecule has 0 radical (unpaired) electrons. The summed E-state index contributed by atoms with van der Waals surface area (Å²) in [6.07, 6.45) is -4.28. The third-order valence-corrected chi connectivity index (χ3v) is 5.63. The van der Waals surface area contributed by atoms with Crippen LogP contribution in [0.1, 0.15) is 40.8 Å². The molecule has 1 aromatic carbocycles. The number of nitrogens with zero attached hydrogens (tertiary/aromatic N) is 4. The van der Waals surface area contributed by atoms with Crippen LogP contribution in [0.2, 0.25) is 0 Å². The van der Waals surface area contributed by atoms with E-state index in [4.69, 9.17) is 4.74 Å². The molecule has 0 aliphatic carbocycles. The summed E-state index contributed by atoms with van der Waals surface area (Å²) >= 11 is 0. The Morgan fingerprint density at radius 2 is 1.88 bits per heavy atom. The molecule has 2 amide bonds. The number of aromatic nitrogens is 2. The highest BCUT2D eigenvalue weighted by atomic mass is 19.4. The SMILES string of the molecule is O=C1c2c(O)c(=O)nc(C3CCCN3C(=O)OCc3ccccc3)n2CCN1CC(F)(F)F. The van der Waals surface area contributed by atoms with Crippen LogP contribution in [-0.4, -0.2) is 62.3 Å².